The monoisotopic (exact) mass is 442 g/mol. The first-order valence-electron chi connectivity index (χ1n) is 11.4. The minimum atomic E-state index is -0.187. The van der Waals surface area contributed by atoms with Crippen molar-refractivity contribution in [2.75, 3.05) is 46.1 Å². The van der Waals surface area contributed by atoms with Crippen molar-refractivity contribution in [3.05, 3.63) is 53.1 Å². The molecule has 1 amide bonds. The Bertz CT molecular complexity index is 853. The van der Waals surface area contributed by atoms with E-state index < -0.39 is 0 Å². The molecule has 7 nitrogen and oxygen atoms in total. The highest BCUT2D eigenvalue weighted by molar-refractivity contribution is 5.95. The molecule has 174 valence electrons. The predicted molar refractivity (Wildman–Crippen MR) is 124 cm³/mol. The molecular weight excluding hydrogens is 408 g/mol. The third-order valence-electron chi connectivity index (χ3n) is 5.13. The minimum absolute atomic E-state index is 0.187. The number of ether oxygens (including phenoxy) is 4. The second-order valence-electron chi connectivity index (χ2n) is 7.49. The highest BCUT2D eigenvalue weighted by Crippen LogP contribution is 2.39. The molecule has 2 aromatic rings. The Kier molecular flexibility index (Phi) is 9.19. The van der Waals surface area contributed by atoms with Crippen molar-refractivity contribution in [3.8, 4) is 17.2 Å². The molecule has 32 heavy (non-hydrogen) atoms. The third-order valence-corrected chi connectivity index (χ3v) is 5.13. The van der Waals surface area contributed by atoms with Crippen LogP contribution in [0, 0.1) is 0 Å². The number of hydrogen-bond donors (Lipinski definition) is 1. The second kappa shape index (κ2) is 12.3. The fourth-order valence-corrected chi connectivity index (χ4v) is 3.66. The number of carbonyl (C=O) groups is 1. The molecule has 2 aromatic carbocycles. The van der Waals surface area contributed by atoms with E-state index in [0.29, 0.717) is 49.2 Å². The summed E-state index contributed by atoms with van der Waals surface area (Å²) in [5.74, 6) is 1.37. The highest BCUT2D eigenvalue weighted by atomic mass is 16.5. The van der Waals surface area contributed by atoms with Crippen LogP contribution in [0.15, 0.2) is 36.4 Å². The van der Waals surface area contributed by atoms with E-state index in [9.17, 15) is 4.79 Å². The fraction of sp³-hybridized carbons (Fsp3) is 0.480. The van der Waals surface area contributed by atoms with Crippen LogP contribution in [0.25, 0.3) is 0 Å². The summed E-state index contributed by atoms with van der Waals surface area (Å²) in [6.45, 7) is 11.9. The molecule has 0 bridgehead atoms. The second-order valence-corrected chi connectivity index (χ2v) is 7.49. The van der Waals surface area contributed by atoms with Gasteiger partial charge >= 0.3 is 0 Å². The molecule has 1 N–H and O–H groups in total. The summed E-state index contributed by atoms with van der Waals surface area (Å²) in [6.07, 6.45) is 0. The van der Waals surface area contributed by atoms with Gasteiger partial charge in [-0.1, -0.05) is 24.3 Å². The van der Waals surface area contributed by atoms with E-state index in [0.717, 1.165) is 38.4 Å². The van der Waals surface area contributed by atoms with Gasteiger partial charge in [-0.15, -0.1) is 0 Å². The van der Waals surface area contributed by atoms with E-state index >= 15 is 0 Å². The number of amides is 1. The van der Waals surface area contributed by atoms with Gasteiger partial charge < -0.3 is 24.3 Å². The number of nitrogens with one attached hydrogen (secondary N) is 1. The first-order valence-corrected chi connectivity index (χ1v) is 11.4. The van der Waals surface area contributed by atoms with Crippen LogP contribution in [0.1, 0.15) is 42.3 Å². The Balaban J connectivity index is 1.69. The van der Waals surface area contributed by atoms with Crippen molar-refractivity contribution < 1.29 is 23.7 Å². The van der Waals surface area contributed by atoms with Crippen LogP contribution in [-0.2, 0) is 17.8 Å². The first kappa shape index (κ1) is 23.9. The lowest BCUT2D eigenvalue weighted by atomic mass is 10.1. The highest BCUT2D eigenvalue weighted by Gasteiger charge is 2.18. The van der Waals surface area contributed by atoms with Crippen molar-refractivity contribution >= 4 is 5.91 Å². The molecule has 0 saturated carbocycles. The molecule has 1 saturated heterocycles. The number of rotatable bonds is 11. The standard InChI is InChI=1S/C25H34N2O5/c1-4-30-22-15-21(16-23(31-5-2)24(22)32-6-3)25(28)26-17-19-8-7-9-20(14-19)18-27-10-12-29-13-11-27/h7-9,14-16H,4-6,10-13,17-18H2,1-3H3,(H,26,28). The summed E-state index contributed by atoms with van der Waals surface area (Å²) >= 11 is 0. The molecule has 0 aromatic heterocycles. The van der Waals surface area contributed by atoms with Crippen LogP contribution in [-0.4, -0.2) is 56.9 Å². The maximum Gasteiger partial charge on any atom is 0.251 e. The number of hydrogen-bond acceptors (Lipinski definition) is 6. The fourth-order valence-electron chi connectivity index (χ4n) is 3.66. The minimum Gasteiger partial charge on any atom is -0.490 e. The van der Waals surface area contributed by atoms with Crippen molar-refractivity contribution in [3.63, 3.8) is 0 Å². The van der Waals surface area contributed by atoms with E-state index in [-0.39, 0.29) is 5.91 Å². The van der Waals surface area contributed by atoms with Gasteiger partial charge in [0.05, 0.1) is 33.0 Å². The maximum absolute atomic E-state index is 12.9. The molecule has 1 aliphatic heterocycles. The normalized spacial score (nSPS) is 14.1. The SMILES string of the molecule is CCOc1cc(C(=O)NCc2cccc(CN3CCOCC3)c2)cc(OCC)c1OCC. The molecule has 1 fully saturated rings. The summed E-state index contributed by atoms with van der Waals surface area (Å²) in [5, 5.41) is 3.01. The van der Waals surface area contributed by atoms with E-state index in [2.05, 4.69) is 22.3 Å². The predicted octanol–water partition coefficient (Wildman–Crippen LogP) is 3.64. The van der Waals surface area contributed by atoms with E-state index in [1.54, 1.807) is 12.1 Å². The maximum atomic E-state index is 12.9. The van der Waals surface area contributed by atoms with Gasteiger partial charge in [0.25, 0.3) is 5.91 Å². The van der Waals surface area contributed by atoms with E-state index in [1.165, 1.54) is 5.56 Å². The Labute approximate surface area is 190 Å². The average molecular weight is 443 g/mol. The number of morpholine rings is 1. The summed E-state index contributed by atoms with van der Waals surface area (Å²) in [6, 6.07) is 11.7. The summed E-state index contributed by atoms with van der Waals surface area (Å²) in [4.78, 5) is 15.3. The number of carbonyl (C=O) groups excluding carboxylic acids is 1. The quantitative estimate of drug-likeness (QED) is 0.573. The van der Waals surface area contributed by atoms with E-state index in [1.807, 2.05) is 32.9 Å². The van der Waals surface area contributed by atoms with Crippen LogP contribution in [0.4, 0.5) is 0 Å². The van der Waals surface area contributed by atoms with Gasteiger partial charge in [-0.25, -0.2) is 0 Å². The Hall–Kier alpha value is -2.77. The lowest BCUT2D eigenvalue weighted by molar-refractivity contribution is 0.0342. The van der Waals surface area contributed by atoms with Gasteiger partial charge in [0.1, 0.15) is 0 Å². The average Bonchev–Trinajstić information content (AvgIpc) is 2.80. The van der Waals surface area contributed by atoms with Crippen molar-refractivity contribution in [1.82, 2.24) is 10.2 Å². The van der Waals surface area contributed by atoms with E-state index in [4.69, 9.17) is 18.9 Å². The van der Waals surface area contributed by atoms with Crippen molar-refractivity contribution in [2.24, 2.45) is 0 Å². The molecule has 3 rings (SSSR count). The zero-order chi connectivity index (χ0) is 22.8. The molecule has 0 atom stereocenters. The Morgan fingerprint density at radius 1 is 0.938 bits per heavy atom. The number of benzene rings is 2. The molecule has 0 spiro atoms. The topological polar surface area (TPSA) is 69.3 Å². The molecule has 1 aliphatic rings. The van der Waals surface area contributed by atoms with Gasteiger partial charge in [0.2, 0.25) is 5.75 Å². The Morgan fingerprint density at radius 3 is 2.19 bits per heavy atom. The third kappa shape index (κ3) is 6.61. The van der Waals surface area contributed by atoms with Crippen LogP contribution < -0.4 is 19.5 Å². The molecule has 0 radical (unpaired) electrons. The zero-order valence-electron chi connectivity index (χ0n) is 19.3. The van der Waals surface area contributed by atoms with Gasteiger partial charge in [0.15, 0.2) is 11.5 Å². The molecule has 1 heterocycles. The van der Waals surface area contributed by atoms with Gasteiger partial charge in [-0.05, 0) is 44.0 Å². The summed E-state index contributed by atoms with van der Waals surface area (Å²) in [7, 11) is 0. The van der Waals surface area contributed by atoms with Crippen LogP contribution in [0.3, 0.4) is 0 Å². The molecular formula is C25H34N2O5. The smallest absolute Gasteiger partial charge is 0.251 e. The number of nitrogens with zero attached hydrogens (tertiary/aromatic N) is 1. The lowest BCUT2D eigenvalue weighted by Gasteiger charge is -2.26. The molecule has 0 unspecified atom stereocenters. The van der Waals surface area contributed by atoms with Crippen LogP contribution in [0.2, 0.25) is 0 Å². The summed E-state index contributed by atoms with van der Waals surface area (Å²) < 4.78 is 22.6. The Morgan fingerprint density at radius 2 is 1.56 bits per heavy atom. The summed E-state index contributed by atoms with van der Waals surface area (Å²) in [5.41, 5.74) is 2.77. The zero-order valence-corrected chi connectivity index (χ0v) is 19.3. The van der Waals surface area contributed by atoms with Gasteiger partial charge in [-0.3, -0.25) is 9.69 Å². The van der Waals surface area contributed by atoms with Crippen molar-refractivity contribution in [1.29, 1.82) is 0 Å². The lowest BCUT2D eigenvalue weighted by Crippen LogP contribution is -2.35. The van der Waals surface area contributed by atoms with Crippen molar-refractivity contribution in [2.45, 2.75) is 33.9 Å². The molecule has 0 aliphatic carbocycles. The van der Waals surface area contributed by atoms with Crippen LogP contribution in [0.5, 0.6) is 17.2 Å². The largest absolute Gasteiger partial charge is 0.490 e. The molecule has 7 heteroatoms. The van der Waals surface area contributed by atoms with Gasteiger partial charge in [-0.2, -0.15) is 0 Å². The first-order chi connectivity index (χ1) is 15.6. The van der Waals surface area contributed by atoms with Gasteiger partial charge in [0, 0.05) is 31.7 Å². The van der Waals surface area contributed by atoms with Crippen LogP contribution >= 0.6 is 0 Å².